The van der Waals surface area contributed by atoms with Gasteiger partial charge >= 0.3 is 6.09 Å². The number of carbonyl (C=O) groups is 2. The Hall–Kier alpha value is -1.31. The van der Waals surface area contributed by atoms with Crippen molar-refractivity contribution in [1.29, 1.82) is 0 Å². The molecule has 0 aromatic carbocycles. The summed E-state index contributed by atoms with van der Waals surface area (Å²) >= 11 is 0. The second-order valence-electron chi connectivity index (χ2n) is 7.29. The lowest BCUT2D eigenvalue weighted by Crippen LogP contribution is -2.54. The standard InChI is InChI=1S/C15H26N2O5S/c1-15(2,3)22-14(19)17-8-5-4-6-12(17)13(18)16-11-7-9-23(20,21)10-11/h11-12H,4-10H2,1-3H3,(H,16,18)/t11-,12+/m0/s1. The summed E-state index contributed by atoms with van der Waals surface area (Å²) in [4.78, 5) is 26.3. The van der Waals surface area contributed by atoms with Crippen LogP contribution in [0.2, 0.25) is 0 Å². The maximum absolute atomic E-state index is 12.5. The second-order valence-corrected chi connectivity index (χ2v) is 9.52. The Balaban J connectivity index is 2.00. The molecule has 7 nitrogen and oxygen atoms in total. The normalized spacial score (nSPS) is 27.5. The highest BCUT2D eigenvalue weighted by molar-refractivity contribution is 7.91. The molecule has 0 aromatic heterocycles. The number of hydrogen-bond acceptors (Lipinski definition) is 5. The molecule has 0 aliphatic carbocycles. The molecule has 132 valence electrons. The van der Waals surface area contributed by atoms with Crippen LogP contribution in [0.1, 0.15) is 46.5 Å². The fourth-order valence-electron chi connectivity index (χ4n) is 2.95. The molecule has 0 bridgehead atoms. The zero-order valence-electron chi connectivity index (χ0n) is 14.0. The zero-order valence-corrected chi connectivity index (χ0v) is 14.8. The smallest absolute Gasteiger partial charge is 0.410 e. The molecule has 2 heterocycles. The van der Waals surface area contributed by atoms with E-state index in [1.54, 1.807) is 20.8 Å². The summed E-state index contributed by atoms with van der Waals surface area (Å²) in [6.45, 7) is 5.84. The van der Waals surface area contributed by atoms with Gasteiger partial charge in [-0.15, -0.1) is 0 Å². The summed E-state index contributed by atoms with van der Waals surface area (Å²) in [5.74, 6) is -0.186. The number of nitrogens with one attached hydrogen (secondary N) is 1. The molecule has 0 radical (unpaired) electrons. The molecule has 2 amide bonds. The molecule has 0 aromatic rings. The number of piperidine rings is 1. The minimum Gasteiger partial charge on any atom is -0.444 e. The molecular formula is C15H26N2O5S. The summed E-state index contributed by atoms with van der Waals surface area (Å²) in [6, 6.07) is -0.934. The van der Waals surface area contributed by atoms with Crippen LogP contribution in [0, 0.1) is 0 Å². The molecule has 0 spiro atoms. The van der Waals surface area contributed by atoms with E-state index in [4.69, 9.17) is 4.74 Å². The molecule has 8 heteroatoms. The van der Waals surface area contributed by atoms with Gasteiger partial charge in [-0.1, -0.05) is 0 Å². The number of rotatable bonds is 2. The van der Waals surface area contributed by atoms with E-state index in [1.807, 2.05) is 0 Å². The van der Waals surface area contributed by atoms with Crippen molar-refractivity contribution < 1.29 is 22.7 Å². The van der Waals surface area contributed by atoms with Crippen LogP contribution in [-0.4, -0.2) is 61.1 Å². The van der Waals surface area contributed by atoms with E-state index < -0.39 is 27.6 Å². The molecule has 0 saturated carbocycles. The van der Waals surface area contributed by atoms with Gasteiger partial charge in [0, 0.05) is 12.6 Å². The number of hydrogen-bond donors (Lipinski definition) is 1. The van der Waals surface area contributed by atoms with E-state index >= 15 is 0 Å². The third kappa shape index (κ3) is 5.09. The maximum Gasteiger partial charge on any atom is 0.410 e. The Morgan fingerprint density at radius 2 is 1.87 bits per heavy atom. The molecular weight excluding hydrogens is 320 g/mol. The molecule has 2 saturated heterocycles. The van der Waals surface area contributed by atoms with E-state index in [1.165, 1.54) is 4.90 Å². The minimum absolute atomic E-state index is 0.0160. The monoisotopic (exact) mass is 346 g/mol. The molecule has 1 N–H and O–H groups in total. The van der Waals surface area contributed by atoms with Gasteiger partial charge in [-0.05, 0) is 46.5 Å². The Bertz CT molecular complexity index is 567. The first kappa shape index (κ1) is 18.0. The van der Waals surface area contributed by atoms with Gasteiger partial charge in [0.2, 0.25) is 5.91 Å². The third-order valence-corrected chi connectivity index (χ3v) is 5.78. The average molecular weight is 346 g/mol. The Morgan fingerprint density at radius 3 is 2.43 bits per heavy atom. The van der Waals surface area contributed by atoms with Gasteiger partial charge in [0.15, 0.2) is 9.84 Å². The van der Waals surface area contributed by atoms with Crippen molar-refractivity contribution in [3.05, 3.63) is 0 Å². The molecule has 2 aliphatic rings. The molecule has 23 heavy (non-hydrogen) atoms. The Kier molecular flexibility index (Phi) is 5.23. The van der Waals surface area contributed by atoms with Crippen LogP contribution in [0.3, 0.4) is 0 Å². The Morgan fingerprint density at radius 1 is 1.17 bits per heavy atom. The summed E-state index contributed by atoms with van der Waals surface area (Å²) < 4.78 is 28.4. The topological polar surface area (TPSA) is 92.8 Å². The number of sulfone groups is 1. The van der Waals surface area contributed by atoms with Gasteiger partial charge in [-0.2, -0.15) is 0 Å². The van der Waals surface area contributed by atoms with Crippen molar-refractivity contribution in [2.75, 3.05) is 18.1 Å². The number of ether oxygens (including phenoxy) is 1. The van der Waals surface area contributed by atoms with Crippen molar-refractivity contribution in [2.24, 2.45) is 0 Å². The van der Waals surface area contributed by atoms with Crippen LogP contribution in [0.4, 0.5) is 4.79 Å². The maximum atomic E-state index is 12.5. The first-order chi connectivity index (χ1) is 10.6. The second kappa shape index (κ2) is 6.67. The van der Waals surface area contributed by atoms with Crippen molar-refractivity contribution in [3.63, 3.8) is 0 Å². The van der Waals surface area contributed by atoms with Crippen LogP contribution < -0.4 is 5.32 Å². The van der Waals surface area contributed by atoms with Crippen molar-refractivity contribution in [3.8, 4) is 0 Å². The summed E-state index contributed by atoms with van der Waals surface area (Å²) in [6.07, 6.45) is 2.22. The number of amides is 2. The molecule has 2 atom stereocenters. The number of nitrogens with zero attached hydrogens (tertiary/aromatic N) is 1. The lowest BCUT2D eigenvalue weighted by molar-refractivity contribution is -0.128. The van der Waals surface area contributed by atoms with Gasteiger partial charge in [-0.3, -0.25) is 9.69 Å². The highest BCUT2D eigenvalue weighted by atomic mass is 32.2. The predicted octanol–water partition coefficient (Wildman–Crippen LogP) is 1.08. The quantitative estimate of drug-likeness (QED) is 0.807. The van der Waals surface area contributed by atoms with Crippen LogP contribution >= 0.6 is 0 Å². The van der Waals surface area contributed by atoms with Crippen molar-refractivity contribution in [1.82, 2.24) is 10.2 Å². The lowest BCUT2D eigenvalue weighted by atomic mass is 10.0. The lowest BCUT2D eigenvalue weighted by Gasteiger charge is -2.36. The van der Waals surface area contributed by atoms with Crippen LogP contribution in [-0.2, 0) is 19.4 Å². The first-order valence-electron chi connectivity index (χ1n) is 8.08. The minimum atomic E-state index is -3.05. The summed E-state index contributed by atoms with van der Waals surface area (Å²) in [5, 5.41) is 2.78. The van der Waals surface area contributed by atoms with Crippen LogP contribution in [0.25, 0.3) is 0 Å². The molecule has 0 unspecified atom stereocenters. The zero-order chi connectivity index (χ0) is 17.3. The van der Waals surface area contributed by atoms with Crippen LogP contribution in [0.5, 0.6) is 0 Å². The average Bonchev–Trinajstić information content (AvgIpc) is 2.76. The SMILES string of the molecule is CC(C)(C)OC(=O)N1CCCC[C@@H]1C(=O)N[C@H]1CCS(=O)(=O)C1. The van der Waals surface area contributed by atoms with E-state index in [0.717, 1.165) is 12.8 Å². The first-order valence-corrected chi connectivity index (χ1v) is 9.90. The fourth-order valence-corrected chi connectivity index (χ4v) is 4.62. The molecule has 2 fully saturated rings. The summed E-state index contributed by atoms with van der Waals surface area (Å²) in [7, 11) is -3.05. The molecule has 2 rings (SSSR count). The number of likely N-dealkylation sites (tertiary alicyclic amines) is 1. The van der Waals surface area contributed by atoms with Crippen molar-refractivity contribution >= 4 is 21.8 Å². The highest BCUT2D eigenvalue weighted by Gasteiger charge is 2.37. The van der Waals surface area contributed by atoms with Gasteiger partial charge in [-0.25, -0.2) is 13.2 Å². The van der Waals surface area contributed by atoms with Gasteiger partial charge < -0.3 is 10.1 Å². The Labute approximate surface area is 137 Å². The summed E-state index contributed by atoms with van der Waals surface area (Å²) in [5.41, 5.74) is -0.616. The third-order valence-electron chi connectivity index (χ3n) is 4.01. The van der Waals surface area contributed by atoms with E-state index in [-0.39, 0.29) is 23.5 Å². The van der Waals surface area contributed by atoms with E-state index in [0.29, 0.717) is 19.4 Å². The van der Waals surface area contributed by atoms with Crippen LogP contribution in [0.15, 0.2) is 0 Å². The fraction of sp³-hybridized carbons (Fsp3) is 0.867. The van der Waals surface area contributed by atoms with E-state index in [9.17, 15) is 18.0 Å². The molecule has 2 aliphatic heterocycles. The number of carbonyl (C=O) groups excluding carboxylic acids is 2. The van der Waals surface area contributed by atoms with Gasteiger partial charge in [0.05, 0.1) is 11.5 Å². The van der Waals surface area contributed by atoms with Gasteiger partial charge in [0.1, 0.15) is 11.6 Å². The van der Waals surface area contributed by atoms with E-state index in [2.05, 4.69) is 5.32 Å². The largest absolute Gasteiger partial charge is 0.444 e. The van der Waals surface area contributed by atoms with Crippen molar-refractivity contribution in [2.45, 2.75) is 64.1 Å². The highest BCUT2D eigenvalue weighted by Crippen LogP contribution is 2.21. The predicted molar refractivity (Wildman–Crippen MR) is 85.8 cm³/mol. The van der Waals surface area contributed by atoms with Gasteiger partial charge in [0.25, 0.3) is 0 Å².